The van der Waals surface area contributed by atoms with Crippen LogP contribution in [0.1, 0.15) is 31.2 Å². The minimum atomic E-state index is -2.27. The van der Waals surface area contributed by atoms with Gasteiger partial charge in [0.1, 0.15) is 5.75 Å². The van der Waals surface area contributed by atoms with Crippen molar-refractivity contribution < 1.29 is 13.5 Å². The van der Waals surface area contributed by atoms with E-state index in [4.69, 9.17) is 4.74 Å². The molecule has 0 unspecified atom stereocenters. The molecule has 1 fully saturated rings. The summed E-state index contributed by atoms with van der Waals surface area (Å²) in [6, 6.07) is 7.07. The molecule has 3 heteroatoms. The Morgan fingerprint density at radius 2 is 1.69 bits per heavy atom. The summed E-state index contributed by atoms with van der Waals surface area (Å²) in [6.45, 7) is 0. The maximum atomic E-state index is 13.2. The van der Waals surface area contributed by atoms with E-state index in [0.29, 0.717) is 18.6 Å². The first-order valence-electron chi connectivity index (χ1n) is 5.62. The number of benzene rings is 1. The molecule has 0 aromatic heterocycles. The number of methoxy groups -OCH3 is 1. The Kier molecular flexibility index (Phi) is 3.13. The van der Waals surface area contributed by atoms with Gasteiger partial charge in [-0.15, -0.1) is 0 Å². The molecule has 16 heavy (non-hydrogen) atoms. The molecule has 1 aromatic rings. The summed E-state index contributed by atoms with van der Waals surface area (Å²) in [5.74, 6) is 0.714. The first kappa shape index (κ1) is 11.4. The van der Waals surface area contributed by atoms with Gasteiger partial charge in [-0.2, -0.15) is 0 Å². The summed E-state index contributed by atoms with van der Waals surface area (Å²) in [4.78, 5) is 0. The molecule has 1 nitrogen and oxygen atoms in total. The molecule has 0 heterocycles. The van der Waals surface area contributed by atoms with Crippen molar-refractivity contribution in [1.82, 2.24) is 0 Å². The lowest BCUT2D eigenvalue weighted by molar-refractivity contribution is 0.0521. The van der Waals surface area contributed by atoms with Gasteiger partial charge < -0.3 is 4.74 Å². The third-order valence-corrected chi connectivity index (χ3v) is 3.58. The first-order valence-corrected chi connectivity index (χ1v) is 5.62. The van der Waals surface area contributed by atoms with Crippen molar-refractivity contribution in [3.8, 4) is 5.75 Å². The van der Waals surface area contributed by atoms with Crippen molar-refractivity contribution >= 4 is 0 Å². The Hall–Kier alpha value is -1.12. The van der Waals surface area contributed by atoms with Crippen molar-refractivity contribution in [3.05, 3.63) is 29.8 Å². The highest BCUT2D eigenvalue weighted by molar-refractivity contribution is 5.33. The van der Waals surface area contributed by atoms with Gasteiger partial charge in [-0.1, -0.05) is 25.0 Å². The maximum absolute atomic E-state index is 13.2. The minimum absolute atomic E-state index is 0.594. The molecule has 0 N–H and O–H groups in total. The molecule has 0 atom stereocenters. The molecule has 0 saturated heterocycles. The van der Waals surface area contributed by atoms with Crippen LogP contribution in [0.5, 0.6) is 5.75 Å². The van der Waals surface area contributed by atoms with Crippen LogP contribution in [0.2, 0.25) is 0 Å². The normalized spacial score (nSPS) is 19.0. The van der Waals surface area contributed by atoms with Gasteiger partial charge in [0.25, 0.3) is 0 Å². The molecule has 0 spiro atoms. The van der Waals surface area contributed by atoms with Crippen LogP contribution in [-0.2, 0) is 5.41 Å². The molecular weight excluding hydrogens is 210 g/mol. The zero-order valence-electron chi connectivity index (χ0n) is 9.38. The molecule has 0 radical (unpaired) electrons. The second-order valence-electron chi connectivity index (χ2n) is 4.39. The van der Waals surface area contributed by atoms with Gasteiger partial charge in [-0.3, -0.25) is 0 Å². The van der Waals surface area contributed by atoms with E-state index in [1.54, 1.807) is 31.4 Å². The van der Waals surface area contributed by atoms with Crippen molar-refractivity contribution in [2.24, 2.45) is 0 Å². The largest absolute Gasteiger partial charge is 0.497 e. The maximum Gasteiger partial charge on any atom is 0.248 e. The molecule has 1 aliphatic carbocycles. The lowest BCUT2D eigenvalue weighted by atomic mass is 9.79. The Labute approximate surface area is 94.4 Å². The number of halogens is 2. The molecule has 1 aliphatic rings. The second kappa shape index (κ2) is 4.40. The molecular formula is C13H16F2O. The Balaban J connectivity index is 2.32. The fourth-order valence-corrected chi connectivity index (χ4v) is 2.56. The summed E-state index contributed by atoms with van der Waals surface area (Å²) in [6.07, 6.45) is 0.712. The third kappa shape index (κ3) is 1.79. The number of alkyl halides is 2. The van der Waals surface area contributed by atoms with E-state index in [2.05, 4.69) is 0 Å². The van der Waals surface area contributed by atoms with E-state index in [9.17, 15) is 8.78 Å². The van der Waals surface area contributed by atoms with Gasteiger partial charge in [0, 0.05) is 0 Å². The summed E-state index contributed by atoms with van der Waals surface area (Å²) in [5.41, 5.74) is -0.160. The van der Waals surface area contributed by atoms with Crippen LogP contribution in [0.3, 0.4) is 0 Å². The fourth-order valence-electron chi connectivity index (χ4n) is 2.56. The summed E-state index contributed by atoms with van der Waals surface area (Å²) < 4.78 is 31.5. The fraction of sp³-hybridized carbons (Fsp3) is 0.538. The molecule has 0 bridgehead atoms. The minimum Gasteiger partial charge on any atom is -0.497 e. The number of hydrogen-bond acceptors (Lipinski definition) is 1. The second-order valence-corrected chi connectivity index (χ2v) is 4.39. The molecule has 2 rings (SSSR count). The van der Waals surface area contributed by atoms with Crippen molar-refractivity contribution in [2.75, 3.05) is 7.11 Å². The first-order chi connectivity index (χ1) is 7.69. The Bertz CT molecular complexity index is 339. The predicted octanol–water partition coefficient (Wildman–Crippen LogP) is 3.77. The molecule has 0 amide bonds. The van der Waals surface area contributed by atoms with Gasteiger partial charge in [0.05, 0.1) is 12.5 Å². The highest BCUT2D eigenvalue weighted by atomic mass is 19.3. The van der Waals surface area contributed by atoms with E-state index < -0.39 is 11.8 Å². The molecule has 0 aliphatic heterocycles. The van der Waals surface area contributed by atoms with Gasteiger partial charge in [-0.25, -0.2) is 8.78 Å². The number of rotatable bonds is 3. The summed E-state index contributed by atoms with van der Waals surface area (Å²) in [7, 11) is 1.58. The monoisotopic (exact) mass is 226 g/mol. The summed E-state index contributed by atoms with van der Waals surface area (Å²) >= 11 is 0. The van der Waals surface area contributed by atoms with Crippen molar-refractivity contribution in [2.45, 2.75) is 37.5 Å². The highest BCUT2D eigenvalue weighted by Crippen LogP contribution is 2.45. The Morgan fingerprint density at radius 3 is 2.12 bits per heavy atom. The van der Waals surface area contributed by atoms with Gasteiger partial charge in [-0.05, 0) is 30.5 Å². The SMILES string of the molecule is COc1ccc(C2(C(F)F)CCCC2)cc1. The zero-order chi connectivity index (χ0) is 11.6. The average Bonchev–Trinajstić information content (AvgIpc) is 2.79. The third-order valence-electron chi connectivity index (χ3n) is 3.58. The smallest absolute Gasteiger partial charge is 0.248 e. The topological polar surface area (TPSA) is 9.23 Å². The summed E-state index contributed by atoms with van der Waals surface area (Å²) in [5, 5.41) is 0. The molecule has 1 aromatic carbocycles. The van der Waals surface area contributed by atoms with E-state index in [1.807, 2.05) is 0 Å². The predicted molar refractivity (Wildman–Crippen MR) is 59.1 cm³/mol. The van der Waals surface area contributed by atoms with Crippen LogP contribution in [0, 0.1) is 0 Å². The lowest BCUT2D eigenvalue weighted by Crippen LogP contribution is -2.31. The van der Waals surface area contributed by atoms with E-state index in [-0.39, 0.29) is 0 Å². The zero-order valence-corrected chi connectivity index (χ0v) is 9.38. The highest BCUT2D eigenvalue weighted by Gasteiger charge is 2.43. The van der Waals surface area contributed by atoms with Crippen molar-refractivity contribution in [1.29, 1.82) is 0 Å². The molecule has 88 valence electrons. The van der Waals surface area contributed by atoms with Crippen molar-refractivity contribution in [3.63, 3.8) is 0 Å². The van der Waals surface area contributed by atoms with Crippen LogP contribution in [0.15, 0.2) is 24.3 Å². The number of hydrogen-bond donors (Lipinski definition) is 0. The standard InChI is InChI=1S/C13H16F2O/c1-16-11-6-4-10(5-7-11)13(12(14)15)8-2-3-9-13/h4-7,12H,2-3,8-9H2,1H3. The van der Waals surface area contributed by atoms with Gasteiger partial charge in [0.15, 0.2) is 0 Å². The van der Waals surface area contributed by atoms with Crippen LogP contribution >= 0.6 is 0 Å². The van der Waals surface area contributed by atoms with Crippen LogP contribution in [0.4, 0.5) is 8.78 Å². The lowest BCUT2D eigenvalue weighted by Gasteiger charge is -2.28. The van der Waals surface area contributed by atoms with Crippen LogP contribution < -0.4 is 4.74 Å². The van der Waals surface area contributed by atoms with Gasteiger partial charge >= 0.3 is 0 Å². The van der Waals surface area contributed by atoms with Gasteiger partial charge in [0.2, 0.25) is 6.43 Å². The number of ether oxygens (including phenoxy) is 1. The quantitative estimate of drug-likeness (QED) is 0.762. The molecule has 1 saturated carbocycles. The van der Waals surface area contributed by atoms with E-state index in [1.165, 1.54) is 0 Å². The van der Waals surface area contributed by atoms with E-state index >= 15 is 0 Å². The van der Waals surface area contributed by atoms with E-state index in [0.717, 1.165) is 18.4 Å². The van der Waals surface area contributed by atoms with Crippen LogP contribution in [-0.4, -0.2) is 13.5 Å². The average molecular weight is 226 g/mol. The van der Waals surface area contributed by atoms with Crippen LogP contribution in [0.25, 0.3) is 0 Å². The Morgan fingerprint density at radius 1 is 1.12 bits per heavy atom.